The lowest BCUT2D eigenvalue weighted by molar-refractivity contribution is -0.133. The average Bonchev–Trinajstić information content (AvgIpc) is 2.54. The number of benzene rings is 2. The summed E-state index contributed by atoms with van der Waals surface area (Å²) in [5, 5.41) is 0.429. The lowest BCUT2D eigenvalue weighted by atomic mass is 10.1. The first-order valence-electron chi connectivity index (χ1n) is 7.38. The fourth-order valence-electron chi connectivity index (χ4n) is 2.09. The third-order valence-corrected chi connectivity index (χ3v) is 3.76. The topological polar surface area (TPSA) is 72.6 Å². The van der Waals surface area contributed by atoms with E-state index in [1.54, 1.807) is 13.1 Å². The molecule has 126 valence electrons. The molecule has 0 saturated carbocycles. The zero-order valence-corrected chi connectivity index (χ0v) is 14.3. The van der Waals surface area contributed by atoms with E-state index in [9.17, 15) is 9.59 Å². The van der Waals surface area contributed by atoms with Crippen LogP contribution in [0.2, 0.25) is 5.02 Å². The number of carbonyl (C=O) groups excluding carboxylic acids is 2. The van der Waals surface area contributed by atoms with Gasteiger partial charge >= 0.3 is 5.97 Å². The number of anilines is 1. The first kappa shape index (κ1) is 17.8. The number of carbonyl (C=O) groups is 2. The fourth-order valence-corrected chi connectivity index (χ4v) is 2.27. The van der Waals surface area contributed by atoms with E-state index in [0.717, 1.165) is 11.1 Å². The number of aryl methyl sites for hydroxylation is 1. The molecule has 0 fully saturated rings. The number of nitrogen functional groups attached to an aromatic ring is 1. The number of ether oxygens (including phenoxy) is 1. The van der Waals surface area contributed by atoms with E-state index < -0.39 is 5.97 Å². The first-order chi connectivity index (χ1) is 11.4. The molecule has 5 nitrogen and oxygen atoms in total. The number of nitrogens with two attached hydrogens (primary N) is 1. The maximum Gasteiger partial charge on any atom is 0.340 e. The molecule has 0 aliphatic heterocycles. The molecule has 6 heteroatoms. The molecule has 0 aliphatic carbocycles. The third-order valence-electron chi connectivity index (χ3n) is 3.53. The van der Waals surface area contributed by atoms with Crippen molar-refractivity contribution < 1.29 is 14.3 Å². The molecule has 0 saturated heterocycles. The minimum Gasteiger partial charge on any atom is -0.452 e. The van der Waals surface area contributed by atoms with Crippen molar-refractivity contribution in [3.63, 3.8) is 0 Å². The van der Waals surface area contributed by atoms with Crippen LogP contribution >= 0.6 is 11.6 Å². The Balaban J connectivity index is 1.89. The highest BCUT2D eigenvalue weighted by Crippen LogP contribution is 2.18. The summed E-state index contributed by atoms with van der Waals surface area (Å²) in [5.41, 5.74) is 8.29. The van der Waals surface area contributed by atoms with E-state index in [1.807, 2.05) is 31.2 Å². The van der Waals surface area contributed by atoms with Crippen molar-refractivity contribution in [3.05, 3.63) is 64.2 Å². The highest BCUT2D eigenvalue weighted by atomic mass is 35.5. The zero-order chi connectivity index (χ0) is 17.7. The van der Waals surface area contributed by atoms with Crippen LogP contribution in [0.15, 0.2) is 42.5 Å². The standard InChI is InChI=1S/C18H19ClN2O3/c1-12-3-5-13(6-4-12)10-21(2)17(22)11-24-18(23)15-8-7-14(19)9-16(15)20/h3-9H,10-11,20H2,1-2H3. The largest absolute Gasteiger partial charge is 0.452 e. The van der Waals surface area contributed by atoms with Gasteiger partial charge in [0.1, 0.15) is 0 Å². The SMILES string of the molecule is Cc1ccc(CN(C)C(=O)COC(=O)c2ccc(Cl)cc2N)cc1. The Morgan fingerprint density at radius 1 is 1.17 bits per heavy atom. The fraction of sp³-hybridized carbons (Fsp3) is 0.222. The predicted molar refractivity (Wildman–Crippen MR) is 93.8 cm³/mol. The number of likely N-dealkylation sites (N-methyl/N-ethyl adjacent to an activating group) is 1. The molecule has 24 heavy (non-hydrogen) atoms. The van der Waals surface area contributed by atoms with E-state index in [2.05, 4.69) is 0 Å². The second-order valence-electron chi connectivity index (χ2n) is 5.54. The molecular formula is C18H19ClN2O3. The van der Waals surface area contributed by atoms with E-state index in [1.165, 1.54) is 17.0 Å². The van der Waals surface area contributed by atoms with Gasteiger partial charge in [-0.05, 0) is 30.7 Å². The number of nitrogens with zero attached hydrogens (tertiary/aromatic N) is 1. The van der Waals surface area contributed by atoms with E-state index in [0.29, 0.717) is 11.6 Å². The molecule has 2 rings (SSSR count). The Hall–Kier alpha value is -2.53. The molecule has 2 aromatic rings. The number of halogens is 1. The van der Waals surface area contributed by atoms with Gasteiger partial charge in [0.05, 0.1) is 5.56 Å². The number of rotatable bonds is 5. The van der Waals surface area contributed by atoms with Gasteiger partial charge in [-0.15, -0.1) is 0 Å². The highest BCUT2D eigenvalue weighted by molar-refractivity contribution is 6.31. The van der Waals surface area contributed by atoms with E-state index >= 15 is 0 Å². The lowest BCUT2D eigenvalue weighted by Gasteiger charge is -2.17. The Morgan fingerprint density at radius 2 is 1.83 bits per heavy atom. The molecule has 1 amide bonds. The van der Waals surface area contributed by atoms with Gasteiger partial charge < -0.3 is 15.4 Å². The van der Waals surface area contributed by atoms with E-state index in [-0.39, 0.29) is 23.8 Å². The number of hydrogen-bond acceptors (Lipinski definition) is 4. The molecule has 0 aromatic heterocycles. The van der Waals surface area contributed by atoms with Gasteiger partial charge in [0.2, 0.25) is 0 Å². The van der Waals surface area contributed by atoms with Gasteiger partial charge in [0, 0.05) is 24.3 Å². The molecular weight excluding hydrogens is 328 g/mol. The van der Waals surface area contributed by atoms with Gasteiger partial charge in [0.15, 0.2) is 6.61 Å². The molecule has 0 spiro atoms. The van der Waals surface area contributed by atoms with Crippen molar-refractivity contribution in [1.82, 2.24) is 4.90 Å². The van der Waals surface area contributed by atoms with Gasteiger partial charge in [-0.25, -0.2) is 4.79 Å². The second kappa shape index (κ2) is 7.84. The van der Waals surface area contributed by atoms with Crippen LogP contribution in [0.4, 0.5) is 5.69 Å². The van der Waals surface area contributed by atoms with Crippen LogP contribution in [-0.4, -0.2) is 30.4 Å². The number of amides is 1. The summed E-state index contributed by atoms with van der Waals surface area (Å²) >= 11 is 5.78. The number of esters is 1. The minimum absolute atomic E-state index is 0.188. The summed E-state index contributed by atoms with van der Waals surface area (Å²) in [5.74, 6) is -0.947. The van der Waals surface area contributed by atoms with Crippen LogP contribution < -0.4 is 5.73 Å². The highest BCUT2D eigenvalue weighted by Gasteiger charge is 2.16. The molecule has 0 radical (unpaired) electrons. The summed E-state index contributed by atoms with van der Waals surface area (Å²) in [6.07, 6.45) is 0. The summed E-state index contributed by atoms with van der Waals surface area (Å²) in [6.45, 7) is 2.10. The molecule has 2 N–H and O–H groups in total. The minimum atomic E-state index is -0.652. The van der Waals surface area contributed by atoms with E-state index in [4.69, 9.17) is 22.1 Å². The van der Waals surface area contributed by atoms with Crippen molar-refractivity contribution in [2.24, 2.45) is 0 Å². The lowest BCUT2D eigenvalue weighted by Crippen LogP contribution is -2.30. The maximum atomic E-state index is 12.1. The Kier molecular flexibility index (Phi) is 5.82. The normalized spacial score (nSPS) is 10.3. The Labute approximate surface area is 146 Å². The van der Waals surface area contributed by atoms with Gasteiger partial charge in [0.25, 0.3) is 5.91 Å². The molecule has 0 bridgehead atoms. The van der Waals surface area contributed by atoms with Crippen molar-refractivity contribution in [2.75, 3.05) is 19.4 Å². The summed E-state index contributed by atoms with van der Waals surface area (Å²) in [6, 6.07) is 12.4. The van der Waals surface area contributed by atoms with Crippen LogP contribution in [0.3, 0.4) is 0 Å². The van der Waals surface area contributed by atoms with Crippen molar-refractivity contribution in [1.29, 1.82) is 0 Å². The summed E-state index contributed by atoms with van der Waals surface area (Å²) in [7, 11) is 1.66. The Bertz CT molecular complexity index is 744. The predicted octanol–water partition coefficient (Wildman–Crippen LogP) is 3.05. The molecule has 2 aromatic carbocycles. The van der Waals surface area contributed by atoms with Crippen LogP contribution in [0.25, 0.3) is 0 Å². The van der Waals surface area contributed by atoms with Crippen molar-refractivity contribution in [2.45, 2.75) is 13.5 Å². The quantitative estimate of drug-likeness (QED) is 0.667. The van der Waals surface area contributed by atoms with Crippen molar-refractivity contribution >= 4 is 29.2 Å². The van der Waals surface area contributed by atoms with Crippen molar-refractivity contribution in [3.8, 4) is 0 Å². The molecule has 0 aliphatic rings. The van der Waals surface area contributed by atoms with Crippen LogP contribution in [0.1, 0.15) is 21.5 Å². The summed E-state index contributed by atoms with van der Waals surface area (Å²) < 4.78 is 5.04. The molecule has 0 heterocycles. The Morgan fingerprint density at radius 3 is 2.46 bits per heavy atom. The first-order valence-corrected chi connectivity index (χ1v) is 7.76. The van der Waals surface area contributed by atoms with Gasteiger partial charge in [-0.3, -0.25) is 4.79 Å². The summed E-state index contributed by atoms with van der Waals surface area (Å²) in [4.78, 5) is 25.6. The third kappa shape index (κ3) is 4.73. The second-order valence-corrected chi connectivity index (χ2v) is 5.98. The molecule has 0 unspecified atom stereocenters. The monoisotopic (exact) mass is 346 g/mol. The maximum absolute atomic E-state index is 12.1. The average molecular weight is 347 g/mol. The smallest absolute Gasteiger partial charge is 0.340 e. The zero-order valence-electron chi connectivity index (χ0n) is 13.6. The van der Waals surface area contributed by atoms with Crippen LogP contribution in [0, 0.1) is 6.92 Å². The van der Waals surface area contributed by atoms with Gasteiger partial charge in [-0.2, -0.15) is 0 Å². The molecule has 0 atom stereocenters. The van der Waals surface area contributed by atoms with Crippen LogP contribution in [0.5, 0.6) is 0 Å². The van der Waals surface area contributed by atoms with Gasteiger partial charge in [-0.1, -0.05) is 41.4 Å². The number of hydrogen-bond donors (Lipinski definition) is 1. The van der Waals surface area contributed by atoms with Crippen LogP contribution in [-0.2, 0) is 16.1 Å².